The molecule has 0 saturated carbocycles. The van der Waals surface area contributed by atoms with Crippen LogP contribution in [0.5, 0.6) is 0 Å². The predicted molar refractivity (Wildman–Crippen MR) is 74.1 cm³/mol. The van der Waals surface area contributed by atoms with Crippen molar-refractivity contribution in [3.8, 4) is 0 Å². The third kappa shape index (κ3) is 3.63. The van der Waals surface area contributed by atoms with Gasteiger partial charge in [-0.25, -0.2) is 8.78 Å². The van der Waals surface area contributed by atoms with E-state index in [4.69, 9.17) is 0 Å². The summed E-state index contributed by atoms with van der Waals surface area (Å²) in [4.78, 5) is 0. The number of hydrogen-bond acceptors (Lipinski definition) is 2. The van der Waals surface area contributed by atoms with Crippen molar-refractivity contribution in [3.05, 3.63) is 53.4 Å². The lowest BCUT2D eigenvalue weighted by Crippen LogP contribution is -2.14. The molecule has 2 aromatic rings. The molecule has 3 nitrogen and oxygen atoms in total. The second-order valence-electron chi connectivity index (χ2n) is 4.90. The van der Waals surface area contributed by atoms with Gasteiger partial charge in [-0.15, -0.1) is 0 Å². The number of benzene rings is 1. The van der Waals surface area contributed by atoms with Gasteiger partial charge in [0.05, 0.1) is 5.69 Å². The fourth-order valence-electron chi connectivity index (χ4n) is 1.89. The van der Waals surface area contributed by atoms with Crippen molar-refractivity contribution in [1.82, 2.24) is 15.1 Å². The second-order valence-corrected chi connectivity index (χ2v) is 4.90. The van der Waals surface area contributed by atoms with E-state index in [0.717, 1.165) is 18.2 Å². The number of aromatic nitrogens is 2. The van der Waals surface area contributed by atoms with Crippen molar-refractivity contribution < 1.29 is 8.78 Å². The summed E-state index contributed by atoms with van der Waals surface area (Å²) in [6.45, 7) is 5.31. The predicted octanol–water partition coefficient (Wildman–Crippen LogP) is 3.42. The summed E-state index contributed by atoms with van der Waals surface area (Å²) in [6.07, 6.45) is 2.99. The maximum absolute atomic E-state index is 13.0. The highest BCUT2D eigenvalue weighted by molar-refractivity contribution is 5.17. The van der Waals surface area contributed by atoms with Gasteiger partial charge in [0.15, 0.2) is 11.6 Å². The zero-order valence-electron chi connectivity index (χ0n) is 11.7. The van der Waals surface area contributed by atoms with Crippen LogP contribution in [0.25, 0.3) is 0 Å². The normalized spacial score (nSPS) is 12.6. The first-order valence-electron chi connectivity index (χ1n) is 6.78. The van der Waals surface area contributed by atoms with Crippen LogP contribution in [0.4, 0.5) is 8.78 Å². The van der Waals surface area contributed by atoms with Gasteiger partial charge in [0.2, 0.25) is 0 Å². The standard InChI is InChI=1S/C15H19F2N3/c1-3-11(2)20-7-6-13(19-20)10-18-9-12-4-5-14(16)15(17)8-12/h4-8,11,18H,3,9-10H2,1-2H3. The van der Waals surface area contributed by atoms with Gasteiger partial charge in [0.25, 0.3) is 0 Å². The molecule has 0 spiro atoms. The average Bonchev–Trinajstić information content (AvgIpc) is 2.91. The molecular weight excluding hydrogens is 260 g/mol. The topological polar surface area (TPSA) is 29.9 Å². The highest BCUT2D eigenvalue weighted by Gasteiger charge is 2.05. The molecule has 5 heteroatoms. The van der Waals surface area contributed by atoms with Crippen LogP contribution in [0.1, 0.15) is 37.6 Å². The van der Waals surface area contributed by atoms with Gasteiger partial charge in [0, 0.05) is 25.3 Å². The number of nitrogens with one attached hydrogen (secondary N) is 1. The van der Waals surface area contributed by atoms with Crippen LogP contribution in [-0.2, 0) is 13.1 Å². The van der Waals surface area contributed by atoms with Crippen LogP contribution < -0.4 is 5.32 Å². The van der Waals surface area contributed by atoms with Crippen LogP contribution in [0.2, 0.25) is 0 Å². The SMILES string of the molecule is CCC(C)n1ccc(CNCc2ccc(F)c(F)c2)n1. The lowest BCUT2D eigenvalue weighted by atomic mass is 10.2. The van der Waals surface area contributed by atoms with Gasteiger partial charge in [-0.1, -0.05) is 13.0 Å². The van der Waals surface area contributed by atoms with Gasteiger partial charge in [0.1, 0.15) is 0 Å². The first-order chi connectivity index (χ1) is 9.60. The molecule has 0 saturated heterocycles. The highest BCUT2D eigenvalue weighted by Crippen LogP contribution is 2.10. The van der Waals surface area contributed by atoms with E-state index in [9.17, 15) is 8.78 Å². The lowest BCUT2D eigenvalue weighted by molar-refractivity contribution is 0.471. The molecule has 108 valence electrons. The molecule has 0 aliphatic carbocycles. The summed E-state index contributed by atoms with van der Waals surface area (Å²) in [5.41, 5.74) is 1.65. The third-order valence-electron chi connectivity index (χ3n) is 3.33. The molecule has 1 aromatic heterocycles. The summed E-state index contributed by atoms with van der Waals surface area (Å²) in [5, 5.41) is 7.63. The first-order valence-corrected chi connectivity index (χ1v) is 6.78. The molecule has 1 N–H and O–H groups in total. The number of hydrogen-bond donors (Lipinski definition) is 1. The summed E-state index contributed by atoms with van der Waals surface area (Å²) in [7, 11) is 0. The minimum Gasteiger partial charge on any atom is -0.307 e. The molecule has 0 aliphatic heterocycles. The fourth-order valence-corrected chi connectivity index (χ4v) is 1.89. The molecule has 2 rings (SSSR count). The van der Waals surface area contributed by atoms with Crippen molar-refractivity contribution >= 4 is 0 Å². The Morgan fingerprint density at radius 1 is 1.20 bits per heavy atom. The van der Waals surface area contributed by atoms with Crippen LogP contribution >= 0.6 is 0 Å². The Hall–Kier alpha value is -1.75. The largest absolute Gasteiger partial charge is 0.307 e. The molecule has 1 atom stereocenters. The van der Waals surface area contributed by atoms with E-state index in [2.05, 4.69) is 24.3 Å². The van der Waals surface area contributed by atoms with Crippen molar-refractivity contribution in [1.29, 1.82) is 0 Å². The Kier molecular flexibility index (Phi) is 4.84. The molecule has 0 radical (unpaired) electrons. The minimum absolute atomic E-state index is 0.384. The van der Waals surface area contributed by atoms with E-state index in [1.807, 2.05) is 16.9 Å². The Bertz CT molecular complexity index is 566. The monoisotopic (exact) mass is 279 g/mol. The Morgan fingerprint density at radius 2 is 2.00 bits per heavy atom. The van der Waals surface area contributed by atoms with E-state index < -0.39 is 11.6 Å². The lowest BCUT2D eigenvalue weighted by Gasteiger charge is -2.08. The summed E-state index contributed by atoms with van der Waals surface area (Å²) >= 11 is 0. The van der Waals surface area contributed by atoms with E-state index in [1.165, 1.54) is 6.07 Å². The zero-order chi connectivity index (χ0) is 14.5. The number of nitrogens with zero attached hydrogens (tertiary/aromatic N) is 2. The second kappa shape index (κ2) is 6.61. The zero-order valence-corrected chi connectivity index (χ0v) is 11.7. The first kappa shape index (κ1) is 14.7. The van der Waals surface area contributed by atoms with Crippen LogP contribution in [-0.4, -0.2) is 9.78 Å². The Morgan fingerprint density at radius 3 is 2.70 bits per heavy atom. The molecular formula is C15H19F2N3. The molecule has 1 heterocycles. The minimum atomic E-state index is -0.818. The average molecular weight is 279 g/mol. The van der Waals surface area contributed by atoms with Crippen molar-refractivity contribution in [2.75, 3.05) is 0 Å². The fraction of sp³-hybridized carbons (Fsp3) is 0.400. The van der Waals surface area contributed by atoms with Crippen molar-refractivity contribution in [3.63, 3.8) is 0 Å². The number of halogens is 2. The number of rotatable bonds is 6. The van der Waals surface area contributed by atoms with E-state index >= 15 is 0 Å². The smallest absolute Gasteiger partial charge is 0.159 e. The third-order valence-corrected chi connectivity index (χ3v) is 3.33. The van der Waals surface area contributed by atoms with Gasteiger partial charge in [-0.05, 0) is 37.1 Å². The van der Waals surface area contributed by atoms with E-state index in [0.29, 0.717) is 24.7 Å². The Labute approximate surface area is 117 Å². The van der Waals surface area contributed by atoms with Crippen LogP contribution in [0, 0.1) is 11.6 Å². The van der Waals surface area contributed by atoms with Gasteiger partial charge in [-0.3, -0.25) is 4.68 Å². The van der Waals surface area contributed by atoms with Crippen LogP contribution in [0.3, 0.4) is 0 Å². The summed E-state index contributed by atoms with van der Waals surface area (Å²) < 4.78 is 27.8. The van der Waals surface area contributed by atoms with Crippen LogP contribution in [0.15, 0.2) is 30.5 Å². The molecule has 0 fully saturated rings. The Balaban J connectivity index is 1.86. The van der Waals surface area contributed by atoms with E-state index in [1.54, 1.807) is 6.07 Å². The maximum atomic E-state index is 13.0. The molecule has 0 bridgehead atoms. The van der Waals surface area contributed by atoms with Gasteiger partial charge >= 0.3 is 0 Å². The molecule has 0 amide bonds. The quantitative estimate of drug-likeness (QED) is 0.878. The van der Waals surface area contributed by atoms with Crippen molar-refractivity contribution in [2.24, 2.45) is 0 Å². The summed E-state index contributed by atoms with van der Waals surface area (Å²) in [6, 6.07) is 6.27. The molecule has 0 aliphatic rings. The summed E-state index contributed by atoms with van der Waals surface area (Å²) in [5.74, 6) is -1.63. The molecule has 20 heavy (non-hydrogen) atoms. The molecule has 1 unspecified atom stereocenters. The highest BCUT2D eigenvalue weighted by atomic mass is 19.2. The van der Waals surface area contributed by atoms with Gasteiger partial charge in [-0.2, -0.15) is 5.10 Å². The van der Waals surface area contributed by atoms with Gasteiger partial charge < -0.3 is 5.32 Å². The van der Waals surface area contributed by atoms with E-state index in [-0.39, 0.29) is 0 Å². The van der Waals surface area contributed by atoms with Crippen molar-refractivity contribution in [2.45, 2.75) is 39.4 Å². The maximum Gasteiger partial charge on any atom is 0.159 e. The molecule has 1 aromatic carbocycles.